The van der Waals surface area contributed by atoms with Crippen LogP contribution in [0.25, 0.3) is 0 Å². The van der Waals surface area contributed by atoms with E-state index in [9.17, 15) is 13.2 Å². The highest BCUT2D eigenvalue weighted by Crippen LogP contribution is 2.19. The molecule has 2 heterocycles. The van der Waals surface area contributed by atoms with Crippen molar-refractivity contribution < 1.29 is 13.2 Å². The normalized spacial score (nSPS) is 17.9. The van der Waals surface area contributed by atoms with Crippen LogP contribution in [-0.2, 0) is 10.0 Å². The molecule has 1 saturated heterocycles. The summed E-state index contributed by atoms with van der Waals surface area (Å²) in [7, 11) is -3.65. The molecule has 1 aromatic carbocycles. The number of sulfonamides is 1. The highest BCUT2D eigenvalue weighted by molar-refractivity contribution is 7.89. The van der Waals surface area contributed by atoms with E-state index < -0.39 is 10.0 Å². The van der Waals surface area contributed by atoms with Crippen LogP contribution in [0.5, 0.6) is 0 Å². The van der Waals surface area contributed by atoms with E-state index in [4.69, 9.17) is 0 Å². The van der Waals surface area contributed by atoms with E-state index in [0.29, 0.717) is 18.5 Å². The van der Waals surface area contributed by atoms with E-state index in [2.05, 4.69) is 14.6 Å². The van der Waals surface area contributed by atoms with Crippen LogP contribution in [0, 0.1) is 0 Å². The van der Waals surface area contributed by atoms with Gasteiger partial charge in [-0.1, -0.05) is 18.2 Å². The minimum Gasteiger partial charge on any atom is -0.355 e. The van der Waals surface area contributed by atoms with Crippen molar-refractivity contribution in [1.29, 1.82) is 0 Å². The zero-order valence-corrected chi connectivity index (χ0v) is 14.2. The molecule has 0 radical (unpaired) electrons. The standard InChI is InChI=1S/C17H19N3O3S/c1-13(21)14-5-4-6-16(11-14)24(22,23)19-15-8-10-20(12-15)17-7-2-3-9-18-17/h2-7,9,11,15,19H,8,10,12H2,1H3. The summed E-state index contributed by atoms with van der Waals surface area (Å²) >= 11 is 0. The van der Waals surface area contributed by atoms with Gasteiger partial charge in [-0.05, 0) is 37.6 Å². The van der Waals surface area contributed by atoms with Crippen LogP contribution in [0.1, 0.15) is 23.7 Å². The number of hydrogen-bond acceptors (Lipinski definition) is 5. The zero-order valence-electron chi connectivity index (χ0n) is 13.3. The second-order valence-electron chi connectivity index (χ2n) is 5.82. The molecule has 0 aliphatic carbocycles. The number of pyridine rings is 1. The number of nitrogens with zero attached hydrogens (tertiary/aromatic N) is 2. The van der Waals surface area contributed by atoms with Crippen LogP contribution in [-0.4, -0.2) is 38.3 Å². The highest BCUT2D eigenvalue weighted by atomic mass is 32.2. The molecular weight excluding hydrogens is 326 g/mol. The molecule has 126 valence electrons. The number of hydrogen-bond donors (Lipinski definition) is 1. The lowest BCUT2D eigenvalue weighted by Crippen LogP contribution is -2.37. The first-order valence-corrected chi connectivity index (χ1v) is 9.23. The maximum Gasteiger partial charge on any atom is 0.240 e. The Morgan fingerprint density at radius 2 is 2.08 bits per heavy atom. The molecule has 6 nitrogen and oxygen atoms in total. The van der Waals surface area contributed by atoms with Gasteiger partial charge in [0.25, 0.3) is 0 Å². The Labute approximate surface area is 141 Å². The number of carbonyl (C=O) groups is 1. The average Bonchev–Trinajstić information content (AvgIpc) is 3.03. The van der Waals surface area contributed by atoms with Gasteiger partial charge in [-0.2, -0.15) is 0 Å². The molecule has 1 aliphatic rings. The number of aromatic nitrogens is 1. The first kappa shape index (κ1) is 16.6. The molecule has 0 bridgehead atoms. The summed E-state index contributed by atoms with van der Waals surface area (Å²) in [6.07, 6.45) is 2.43. The molecular formula is C17H19N3O3S. The average molecular weight is 345 g/mol. The predicted octanol–water partition coefficient (Wildman–Crippen LogP) is 1.84. The maximum absolute atomic E-state index is 12.5. The minimum absolute atomic E-state index is 0.117. The molecule has 2 aromatic rings. The lowest BCUT2D eigenvalue weighted by molar-refractivity contribution is 0.101. The van der Waals surface area contributed by atoms with Gasteiger partial charge in [0.15, 0.2) is 5.78 Å². The van der Waals surface area contributed by atoms with Gasteiger partial charge < -0.3 is 4.90 Å². The van der Waals surface area contributed by atoms with E-state index in [1.54, 1.807) is 18.3 Å². The molecule has 3 rings (SSSR count). The quantitative estimate of drug-likeness (QED) is 0.837. The molecule has 1 N–H and O–H groups in total. The number of nitrogens with one attached hydrogen (secondary N) is 1. The molecule has 0 saturated carbocycles. The fraction of sp³-hybridized carbons (Fsp3) is 0.294. The van der Waals surface area contributed by atoms with Gasteiger partial charge in [-0.25, -0.2) is 18.1 Å². The van der Waals surface area contributed by atoms with E-state index in [0.717, 1.165) is 12.4 Å². The molecule has 1 aromatic heterocycles. The van der Waals surface area contributed by atoms with Gasteiger partial charge in [0.05, 0.1) is 4.90 Å². The van der Waals surface area contributed by atoms with Crippen LogP contribution in [0.3, 0.4) is 0 Å². The van der Waals surface area contributed by atoms with Crippen molar-refractivity contribution in [3.63, 3.8) is 0 Å². The van der Waals surface area contributed by atoms with Crippen molar-refractivity contribution in [2.24, 2.45) is 0 Å². The lowest BCUT2D eigenvalue weighted by Gasteiger charge is -2.18. The predicted molar refractivity (Wildman–Crippen MR) is 91.6 cm³/mol. The third kappa shape index (κ3) is 3.63. The third-order valence-corrected chi connectivity index (χ3v) is 5.55. The minimum atomic E-state index is -3.65. The second-order valence-corrected chi connectivity index (χ2v) is 7.54. The SMILES string of the molecule is CC(=O)c1cccc(S(=O)(=O)NC2CCN(c3ccccn3)C2)c1. The van der Waals surface area contributed by atoms with Gasteiger partial charge in [0.2, 0.25) is 10.0 Å². The number of benzene rings is 1. The zero-order chi connectivity index (χ0) is 17.2. The fourth-order valence-corrected chi connectivity index (χ4v) is 4.08. The molecule has 0 amide bonds. The summed E-state index contributed by atoms with van der Waals surface area (Å²) in [5.74, 6) is 0.687. The van der Waals surface area contributed by atoms with Gasteiger partial charge in [-0.3, -0.25) is 4.79 Å². The van der Waals surface area contributed by atoms with Crippen LogP contribution >= 0.6 is 0 Å². The van der Waals surface area contributed by atoms with Crippen molar-refractivity contribution in [2.45, 2.75) is 24.3 Å². The maximum atomic E-state index is 12.5. The van der Waals surface area contributed by atoms with Crippen molar-refractivity contribution in [1.82, 2.24) is 9.71 Å². The fourth-order valence-electron chi connectivity index (χ4n) is 2.78. The number of Topliss-reactive ketones (excluding diaryl/α,β-unsaturated/α-hetero) is 1. The topological polar surface area (TPSA) is 79.4 Å². The van der Waals surface area contributed by atoms with E-state index in [1.807, 2.05) is 18.2 Å². The molecule has 1 atom stereocenters. The molecule has 0 spiro atoms. The first-order chi connectivity index (χ1) is 11.5. The Balaban J connectivity index is 1.72. The van der Waals surface area contributed by atoms with E-state index in [1.165, 1.54) is 19.1 Å². The largest absolute Gasteiger partial charge is 0.355 e. The van der Waals surface area contributed by atoms with Crippen LogP contribution in [0.2, 0.25) is 0 Å². The van der Waals surface area contributed by atoms with Crippen LogP contribution in [0.15, 0.2) is 53.6 Å². The molecule has 1 fully saturated rings. The number of ketones is 1. The van der Waals surface area contributed by atoms with E-state index in [-0.39, 0.29) is 16.7 Å². The van der Waals surface area contributed by atoms with Gasteiger partial charge in [-0.15, -0.1) is 0 Å². The Bertz CT molecular complexity index is 837. The summed E-state index contributed by atoms with van der Waals surface area (Å²) in [4.78, 5) is 17.9. The lowest BCUT2D eigenvalue weighted by atomic mass is 10.2. The van der Waals surface area contributed by atoms with Crippen molar-refractivity contribution >= 4 is 21.6 Å². The van der Waals surface area contributed by atoms with E-state index >= 15 is 0 Å². The number of anilines is 1. The summed E-state index contributed by atoms with van der Waals surface area (Å²) in [5.41, 5.74) is 0.388. The van der Waals surface area contributed by atoms with Crippen molar-refractivity contribution in [3.8, 4) is 0 Å². The van der Waals surface area contributed by atoms with Crippen molar-refractivity contribution in [2.75, 3.05) is 18.0 Å². The Kier molecular flexibility index (Phi) is 4.64. The van der Waals surface area contributed by atoms with Crippen LogP contribution in [0.4, 0.5) is 5.82 Å². The molecule has 24 heavy (non-hydrogen) atoms. The number of carbonyl (C=O) groups excluding carboxylic acids is 1. The summed E-state index contributed by atoms with van der Waals surface area (Å²) in [6.45, 7) is 2.74. The Morgan fingerprint density at radius 1 is 1.25 bits per heavy atom. The highest BCUT2D eigenvalue weighted by Gasteiger charge is 2.28. The smallest absolute Gasteiger partial charge is 0.240 e. The van der Waals surface area contributed by atoms with Crippen molar-refractivity contribution in [3.05, 3.63) is 54.2 Å². The van der Waals surface area contributed by atoms with Crippen LogP contribution < -0.4 is 9.62 Å². The number of rotatable bonds is 5. The summed E-state index contributed by atoms with van der Waals surface area (Å²) < 4.78 is 27.8. The summed E-state index contributed by atoms with van der Waals surface area (Å²) in [5, 5.41) is 0. The molecule has 7 heteroatoms. The molecule has 1 aliphatic heterocycles. The monoisotopic (exact) mass is 345 g/mol. The van der Waals surface area contributed by atoms with Gasteiger partial charge in [0.1, 0.15) is 5.82 Å². The Hall–Kier alpha value is -2.25. The molecule has 1 unspecified atom stereocenters. The van der Waals surface area contributed by atoms with Gasteiger partial charge in [0, 0.05) is 30.9 Å². The van der Waals surface area contributed by atoms with Gasteiger partial charge >= 0.3 is 0 Å². The summed E-state index contributed by atoms with van der Waals surface area (Å²) in [6, 6.07) is 11.6. The first-order valence-electron chi connectivity index (χ1n) is 7.75. The second kappa shape index (κ2) is 6.70. The Morgan fingerprint density at radius 3 is 2.79 bits per heavy atom. The third-order valence-electron chi connectivity index (χ3n) is 4.03.